The van der Waals surface area contributed by atoms with Crippen LogP contribution in [0.2, 0.25) is 0 Å². The van der Waals surface area contributed by atoms with Gasteiger partial charge in [-0.1, -0.05) is 30.8 Å². The minimum atomic E-state index is 0.680. The topological polar surface area (TPSA) is 0 Å². The van der Waals surface area contributed by atoms with Crippen LogP contribution in [0, 0.1) is 5.92 Å². The minimum Gasteiger partial charge on any atom is -0.110 e. The molecule has 1 heterocycles. The zero-order chi connectivity index (χ0) is 9.97. The van der Waals surface area contributed by atoms with Crippen molar-refractivity contribution < 1.29 is 0 Å². The molecule has 0 aromatic rings. The van der Waals surface area contributed by atoms with Crippen LogP contribution in [0.5, 0.6) is 0 Å². The molecule has 1 unspecified atom stereocenters. The standard InChI is InChI=1S/C13H16S/c1-10-6-4-3-5-7-12-9-8-11(2)14-13(10)12/h3-4,9-10H,5-7H2,1-2H3. The van der Waals surface area contributed by atoms with Crippen molar-refractivity contribution in [2.45, 2.75) is 33.1 Å². The van der Waals surface area contributed by atoms with E-state index in [1.54, 1.807) is 4.91 Å². The summed E-state index contributed by atoms with van der Waals surface area (Å²) in [7, 11) is 0. The highest BCUT2D eigenvalue weighted by molar-refractivity contribution is 8.06. The number of thioether (sulfide) groups is 1. The highest BCUT2D eigenvalue weighted by Crippen LogP contribution is 2.39. The van der Waals surface area contributed by atoms with Gasteiger partial charge in [0.15, 0.2) is 0 Å². The summed E-state index contributed by atoms with van der Waals surface area (Å²) in [5.41, 5.74) is 4.83. The predicted molar refractivity (Wildman–Crippen MR) is 64.0 cm³/mol. The summed E-state index contributed by atoms with van der Waals surface area (Å²) < 4.78 is 0. The van der Waals surface area contributed by atoms with Gasteiger partial charge in [0.25, 0.3) is 0 Å². The fourth-order valence-electron chi connectivity index (χ4n) is 1.90. The van der Waals surface area contributed by atoms with Crippen LogP contribution in [0.3, 0.4) is 0 Å². The van der Waals surface area contributed by atoms with E-state index in [-0.39, 0.29) is 0 Å². The molecule has 2 rings (SSSR count). The number of hydrogen-bond donors (Lipinski definition) is 0. The highest BCUT2D eigenvalue weighted by Gasteiger charge is 2.16. The van der Waals surface area contributed by atoms with Gasteiger partial charge in [0.05, 0.1) is 0 Å². The predicted octanol–water partition coefficient (Wildman–Crippen LogP) is 4.42. The molecule has 0 saturated carbocycles. The van der Waals surface area contributed by atoms with Gasteiger partial charge in [0, 0.05) is 4.91 Å². The lowest BCUT2D eigenvalue weighted by atomic mass is 9.97. The zero-order valence-electron chi connectivity index (χ0n) is 8.84. The van der Waals surface area contributed by atoms with Crippen LogP contribution >= 0.6 is 11.8 Å². The average molecular weight is 204 g/mol. The first-order valence-corrected chi connectivity index (χ1v) is 6.08. The van der Waals surface area contributed by atoms with E-state index in [1.165, 1.54) is 29.7 Å². The van der Waals surface area contributed by atoms with E-state index in [1.807, 2.05) is 11.8 Å². The Morgan fingerprint density at radius 1 is 1.43 bits per heavy atom. The van der Waals surface area contributed by atoms with Crippen molar-refractivity contribution in [2.75, 3.05) is 0 Å². The molecule has 1 aliphatic heterocycles. The van der Waals surface area contributed by atoms with E-state index in [4.69, 9.17) is 0 Å². The summed E-state index contributed by atoms with van der Waals surface area (Å²) >= 11 is 1.92. The van der Waals surface area contributed by atoms with Gasteiger partial charge >= 0.3 is 0 Å². The second-order valence-corrected chi connectivity index (χ2v) is 5.24. The molecule has 0 fully saturated rings. The smallest absolute Gasteiger partial charge is 0.0281 e. The third kappa shape index (κ3) is 2.05. The molecule has 0 saturated heterocycles. The fraction of sp³-hybridized carbons (Fsp3) is 0.462. The zero-order valence-corrected chi connectivity index (χ0v) is 9.66. The summed E-state index contributed by atoms with van der Waals surface area (Å²) in [6.45, 7) is 4.47. The van der Waals surface area contributed by atoms with Gasteiger partial charge in [-0.2, -0.15) is 0 Å². The minimum absolute atomic E-state index is 0.680. The van der Waals surface area contributed by atoms with Gasteiger partial charge in [-0.3, -0.25) is 0 Å². The molecule has 0 N–H and O–H groups in total. The average Bonchev–Trinajstić information content (AvgIpc) is 2.16. The fourth-order valence-corrected chi connectivity index (χ4v) is 2.93. The summed E-state index contributed by atoms with van der Waals surface area (Å²) in [5.74, 6) is 0.680. The number of allylic oxidation sites excluding steroid dienone is 5. The summed E-state index contributed by atoms with van der Waals surface area (Å²) in [6.07, 6.45) is 10.4. The largest absolute Gasteiger partial charge is 0.110 e. The maximum absolute atomic E-state index is 3.32. The molecule has 2 aliphatic rings. The maximum Gasteiger partial charge on any atom is 0.0281 e. The Labute approximate surface area is 90.5 Å². The van der Waals surface area contributed by atoms with E-state index in [2.05, 4.69) is 37.8 Å². The molecule has 0 aromatic carbocycles. The maximum atomic E-state index is 3.32. The quantitative estimate of drug-likeness (QED) is 0.415. The second kappa shape index (κ2) is 4.25. The van der Waals surface area contributed by atoms with Crippen molar-refractivity contribution in [2.24, 2.45) is 5.92 Å². The van der Waals surface area contributed by atoms with Crippen molar-refractivity contribution in [3.05, 3.63) is 39.3 Å². The van der Waals surface area contributed by atoms with E-state index in [0.717, 1.165) is 0 Å². The van der Waals surface area contributed by atoms with Gasteiger partial charge < -0.3 is 0 Å². The van der Waals surface area contributed by atoms with E-state index < -0.39 is 0 Å². The molecule has 0 nitrogen and oxygen atoms in total. The van der Waals surface area contributed by atoms with E-state index >= 15 is 0 Å². The molecule has 14 heavy (non-hydrogen) atoms. The van der Waals surface area contributed by atoms with Gasteiger partial charge in [-0.15, -0.1) is 5.73 Å². The Kier molecular flexibility index (Phi) is 3.00. The first-order chi connectivity index (χ1) is 6.77. The number of hydrogen-bond acceptors (Lipinski definition) is 1. The second-order valence-electron chi connectivity index (χ2n) is 3.98. The van der Waals surface area contributed by atoms with Crippen LogP contribution in [0.1, 0.15) is 33.1 Å². The highest BCUT2D eigenvalue weighted by atomic mass is 32.2. The van der Waals surface area contributed by atoms with Crippen LogP contribution in [0.15, 0.2) is 39.3 Å². The summed E-state index contributed by atoms with van der Waals surface area (Å²) in [5, 5.41) is 0. The summed E-state index contributed by atoms with van der Waals surface area (Å²) in [4.78, 5) is 2.88. The Morgan fingerprint density at radius 2 is 2.29 bits per heavy atom. The van der Waals surface area contributed by atoms with Gasteiger partial charge in [0.2, 0.25) is 0 Å². The SMILES string of the molecule is CC1=C=CC2=C(S1)C(C)CC=CCC2. The van der Waals surface area contributed by atoms with Crippen molar-refractivity contribution in [3.8, 4) is 0 Å². The van der Waals surface area contributed by atoms with Crippen molar-refractivity contribution >= 4 is 11.8 Å². The normalized spacial score (nSPS) is 26.7. The van der Waals surface area contributed by atoms with Crippen LogP contribution < -0.4 is 0 Å². The van der Waals surface area contributed by atoms with Crippen LogP contribution in [-0.2, 0) is 0 Å². The Balaban J connectivity index is 2.30. The molecule has 0 bridgehead atoms. The third-order valence-electron chi connectivity index (χ3n) is 2.71. The Hall–Kier alpha value is -0.650. The van der Waals surface area contributed by atoms with Crippen molar-refractivity contribution in [3.63, 3.8) is 0 Å². The van der Waals surface area contributed by atoms with Gasteiger partial charge in [0.1, 0.15) is 0 Å². The molecule has 0 spiro atoms. The molecule has 0 amide bonds. The molecular weight excluding hydrogens is 188 g/mol. The van der Waals surface area contributed by atoms with Gasteiger partial charge in [-0.05, 0) is 48.7 Å². The van der Waals surface area contributed by atoms with E-state index in [9.17, 15) is 0 Å². The molecule has 74 valence electrons. The molecule has 1 aliphatic carbocycles. The molecular formula is C13H16S. The van der Waals surface area contributed by atoms with Gasteiger partial charge in [-0.25, -0.2) is 0 Å². The van der Waals surface area contributed by atoms with Crippen molar-refractivity contribution in [1.29, 1.82) is 0 Å². The third-order valence-corrected chi connectivity index (χ3v) is 4.02. The Morgan fingerprint density at radius 3 is 3.14 bits per heavy atom. The lowest BCUT2D eigenvalue weighted by Crippen LogP contribution is -2.02. The Bertz CT molecular complexity index is 351. The van der Waals surface area contributed by atoms with Crippen LogP contribution in [0.25, 0.3) is 0 Å². The lowest BCUT2D eigenvalue weighted by molar-refractivity contribution is 0.710. The number of rotatable bonds is 0. The van der Waals surface area contributed by atoms with E-state index in [0.29, 0.717) is 5.92 Å². The van der Waals surface area contributed by atoms with Crippen molar-refractivity contribution in [1.82, 2.24) is 0 Å². The van der Waals surface area contributed by atoms with Crippen LogP contribution in [-0.4, -0.2) is 0 Å². The molecule has 1 atom stereocenters. The molecule has 1 heteroatoms. The van der Waals surface area contributed by atoms with Crippen LogP contribution in [0.4, 0.5) is 0 Å². The first kappa shape index (κ1) is 9.89. The monoisotopic (exact) mass is 204 g/mol. The molecule has 0 aromatic heterocycles. The summed E-state index contributed by atoms with van der Waals surface area (Å²) in [6, 6.07) is 0. The first-order valence-electron chi connectivity index (χ1n) is 5.26. The lowest BCUT2D eigenvalue weighted by Gasteiger charge is -2.21. The molecule has 0 radical (unpaired) electrons.